The molecule has 2 atom stereocenters. The Hall–Kier alpha value is -2.58. The first kappa shape index (κ1) is 26.5. The molecular weight excluding hydrogens is 543 g/mol. The number of carbonyl (C=O) groups excluding carboxylic acids is 2. The van der Waals surface area contributed by atoms with E-state index in [4.69, 9.17) is 44.3 Å². The van der Waals surface area contributed by atoms with Crippen molar-refractivity contribution in [2.45, 2.75) is 20.8 Å². The normalized spacial score (nSPS) is 18.2. The number of thiophene rings is 1. The Labute approximate surface area is 227 Å². The molecule has 1 fully saturated rings. The number of ether oxygens (including phenoxy) is 2. The number of hydrazone groups is 1. The van der Waals surface area contributed by atoms with E-state index >= 15 is 0 Å². The summed E-state index contributed by atoms with van der Waals surface area (Å²) in [6, 6.07) is 10.8. The lowest BCUT2D eigenvalue weighted by Crippen LogP contribution is -2.16. The van der Waals surface area contributed by atoms with Crippen LogP contribution in [-0.2, 0) is 4.79 Å². The summed E-state index contributed by atoms with van der Waals surface area (Å²) in [4.78, 5) is 25.8. The standard InChI is InChI=1S/C26H23Cl3N2O4S/c1-13-5-7-15-19(9-13)36-23(22(15)29)24(32)31-30-12-14-6-8-17(18(10-14)34-4)35-25(33)21-16(11-20(27)28)26(21,2)3/h5-12,16,21H,1-4H3,(H,31,32). The van der Waals surface area contributed by atoms with Crippen molar-refractivity contribution in [3.63, 3.8) is 0 Å². The van der Waals surface area contributed by atoms with E-state index in [2.05, 4.69) is 10.5 Å². The van der Waals surface area contributed by atoms with Crippen LogP contribution in [0, 0.1) is 24.2 Å². The Kier molecular flexibility index (Phi) is 7.67. The minimum atomic E-state index is -0.402. The SMILES string of the molecule is COc1cc(C=NNC(=O)c2sc3cc(C)ccc3c2Cl)ccc1OC(=O)C1C(C=C(Cl)Cl)C1(C)C. The van der Waals surface area contributed by atoms with Crippen LogP contribution in [0.3, 0.4) is 0 Å². The molecule has 0 bridgehead atoms. The van der Waals surface area contributed by atoms with Gasteiger partial charge in [0, 0.05) is 10.1 Å². The van der Waals surface area contributed by atoms with Crippen LogP contribution >= 0.6 is 46.1 Å². The van der Waals surface area contributed by atoms with Gasteiger partial charge in [0.1, 0.15) is 9.37 Å². The molecular formula is C26H23Cl3N2O4S. The Balaban J connectivity index is 1.43. The van der Waals surface area contributed by atoms with Crippen LogP contribution in [-0.4, -0.2) is 25.2 Å². The summed E-state index contributed by atoms with van der Waals surface area (Å²) in [7, 11) is 1.47. The van der Waals surface area contributed by atoms with E-state index in [-0.39, 0.29) is 27.5 Å². The molecule has 0 saturated heterocycles. The second-order valence-corrected chi connectivity index (χ2v) is 11.5. The Morgan fingerprint density at radius 3 is 2.58 bits per heavy atom. The molecule has 1 aromatic heterocycles. The monoisotopic (exact) mass is 564 g/mol. The molecule has 3 aromatic rings. The number of aryl methyl sites for hydroxylation is 1. The van der Waals surface area contributed by atoms with Gasteiger partial charge < -0.3 is 9.47 Å². The highest BCUT2D eigenvalue weighted by molar-refractivity contribution is 7.21. The summed E-state index contributed by atoms with van der Waals surface area (Å²) in [6.07, 6.45) is 3.12. The number of hydrogen-bond acceptors (Lipinski definition) is 6. The van der Waals surface area contributed by atoms with Crippen molar-refractivity contribution in [1.82, 2.24) is 5.43 Å². The molecule has 1 amide bonds. The van der Waals surface area contributed by atoms with E-state index in [1.54, 1.807) is 24.3 Å². The number of carbonyl (C=O) groups is 2. The number of nitrogens with one attached hydrogen (secondary N) is 1. The van der Waals surface area contributed by atoms with Gasteiger partial charge in [0.2, 0.25) is 0 Å². The Morgan fingerprint density at radius 1 is 1.14 bits per heavy atom. The first-order valence-electron chi connectivity index (χ1n) is 11.0. The third kappa shape index (κ3) is 5.39. The topological polar surface area (TPSA) is 77.0 Å². The number of methoxy groups -OCH3 is 1. The van der Waals surface area contributed by atoms with Crippen molar-refractivity contribution >= 4 is 74.3 Å². The van der Waals surface area contributed by atoms with Crippen molar-refractivity contribution < 1.29 is 19.1 Å². The van der Waals surface area contributed by atoms with Crippen LogP contribution in [0.2, 0.25) is 5.02 Å². The van der Waals surface area contributed by atoms with Crippen LogP contribution < -0.4 is 14.9 Å². The van der Waals surface area contributed by atoms with Gasteiger partial charge in [-0.3, -0.25) is 9.59 Å². The van der Waals surface area contributed by atoms with E-state index in [1.807, 2.05) is 39.0 Å². The van der Waals surface area contributed by atoms with Crippen molar-refractivity contribution in [2.24, 2.45) is 22.4 Å². The molecule has 1 saturated carbocycles. The van der Waals surface area contributed by atoms with E-state index < -0.39 is 11.9 Å². The van der Waals surface area contributed by atoms with E-state index in [9.17, 15) is 9.59 Å². The van der Waals surface area contributed by atoms with Crippen molar-refractivity contribution in [3.8, 4) is 11.5 Å². The molecule has 2 aromatic carbocycles. The molecule has 1 heterocycles. The summed E-state index contributed by atoms with van der Waals surface area (Å²) in [5.74, 6) is -0.635. The summed E-state index contributed by atoms with van der Waals surface area (Å²) < 4.78 is 12.1. The molecule has 188 valence electrons. The zero-order valence-corrected chi connectivity index (χ0v) is 23.0. The molecule has 2 unspecified atom stereocenters. The highest BCUT2D eigenvalue weighted by Crippen LogP contribution is 2.60. The fraction of sp³-hybridized carbons (Fsp3) is 0.269. The average molecular weight is 566 g/mol. The predicted octanol–water partition coefficient (Wildman–Crippen LogP) is 7.13. The zero-order chi connectivity index (χ0) is 26.2. The van der Waals surface area contributed by atoms with Crippen LogP contribution in [0.15, 0.2) is 52.1 Å². The van der Waals surface area contributed by atoms with Gasteiger partial charge in [-0.15, -0.1) is 11.3 Å². The van der Waals surface area contributed by atoms with E-state index in [0.717, 1.165) is 15.6 Å². The summed E-state index contributed by atoms with van der Waals surface area (Å²) in [5, 5.41) is 5.27. The van der Waals surface area contributed by atoms with Gasteiger partial charge in [0.25, 0.3) is 5.91 Å². The first-order valence-corrected chi connectivity index (χ1v) is 12.9. The zero-order valence-electron chi connectivity index (χ0n) is 19.9. The smallest absolute Gasteiger partial charge is 0.315 e. The number of fused-ring (bicyclic) bond motifs is 1. The van der Waals surface area contributed by atoms with Gasteiger partial charge in [0.05, 0.1) is 24.3 Å². The Bertz CT molecular complexity index is 1410. The molecule has 4 rings (SSSR count). The second-order valence-electron chi connectivity index (χ2n) is 9.06. The van der Waals surface area contributed by atoms with Crippen LogP contribution in [0.5, 0.6) is 11.5 Å². The van der Waals surface area contributed by atoms with Gasteiger partial charge in [-0.05, 0) is 59.7 Å². The number of halogens is 3. The molecule has 1 aliphatic rings. The molecule has 0 aliphatic heterocycles. The van der Waals surface area contributed by atoms with Gasteiger partial charge >= 0.3 is 5.97 Å². The molecule has 1 aliphatic carbocycles. The molecule has 0 spiro atoms. The average Bonchev–Trinajstić information content (AvgIpc) is 3.18. The quantitative estimate of drug-likeness (QED) is 0.143. The molecule has 0 radical (unpaired) electrons. The van der Waals surface area contributed by atoms with Crippen molar-refractivity contribution in [3.05, 3.63) is 68.0 Å². The first-order chi connectivity index (χ1) is 17.0. The number of benzene rings is 2. The highest BCUT2D eigenvalue weighted by atomic mass is 35.5. The van der Waals surface area contributed by atoms with Crippen LogP contribution in [0.25, 0.3) is 10.1 Å². The van der Waals surface area contributed by atoms with E-state index in [1.165, 1.54) is 24.7 Å². The molecule has 36 heavy (non-hydrogen) atoms. The van der Waals surface area contributed by atoms with Crippen LogP contribution in [0.1, 0.15) is 34.6 Å². The number of nitrogens with zero attached hydrogens (tertiary/aromatic N) is 1. The van der Waals surface area contributed by atoms with Crippen molar-refractivity contribution in [1.29, 1.82) is 0 Å². The predicted molar refractivity (Wildman–Crippen MR) is 146 cm³/mol. The maximum Gasteiger partial charge on any atom is 0.315 e. The highest BCUT2D eigenvalue weighted by Gasteiger charge is 2.61. The summed E-state index contributed by atoms with van der Waals surface area (Å²) in [5.41, 5.74) is 3.92. The lowest BCUT2D eigenvalue weighted by molar-refractivity contribution is -0.136. The molecule has 1 N–H and O–H groups in total. The largest absolute Gasteiger partial charge is 0.493 e. The second kappa shape index (κ2) is 10.4. The van der Waals surface area contributed by atoms with Crippen molar-refractivity contribution in [2.75, 3.05) is 7.11 Å². The maximum atomic E-state index is 12.8. The number of rotatable bonds is 7. The molecule has 10 heteroatoms. The number of allylic oxidation sites excluding steroid dienone is 1. The number of esters is 1. The fourth-order valence-corrected chi connectivity index (χ4v) is 5.91. The minimum absolute atomic E-state index is 0.102. The number of amides is 1. The van der Waals surface area contributed by atoms with Gasteiger partial charge in [-0.2, -0.15) is 5.10 Å². The maximum absolute atomic E-state index is 12.8. The minimum Gasteiger partial charge on any atom is -0.493 e. The number of hydrogen-bond donors (Lipinski definition) is 1. The van der Waals surface area contributed by atoms with E-state index in [0.29, 0.717) is 21.2 Å². The lowest BCUT2D eigenvalue weighted by atomic mass is 10.1. The van der Waals surface area contributed by atoms with Crippen LogP contribution in [0.4, 0.5) is 0 Å². The van der Waals surface area contributed by atoms with Gasteiger partial charge in [0.15, 0.2) is 11.5 Å². The van der Waals surface area contributed by atoms with Gasteiger partial charge in [-0.1, -0.05) is 60.8 Å². The molecule has 6 nitrogen and oxygen atoms in total. The van der Waals surface area contributed by atoms with Gasteiger partial charge in [-0.25, -0.2) is 5.43 Å². The lowest BCUT2D eigenvalue weighted by Gasteiger charge is -2.10. The third-order valence-corrected chi connectivity index (χ3v) is 8.15. The fourth-order valence-electron chi connectivity index (χ4n) is 4.13. The Morgan fingerprint density at radius 2 is 1.89 bits per heavy atom. The third-order valence-electron chi connectivity index (χ3n) is 6.24. The summed E-state index contributed by atoms with van der Waals surface area (Å²) >= 11 is 19.3. The summed E-state index contributed by atoms with van der Waals surface area (Å²) in [6.45, 7) is 5.89.